The number of anilines is 1. The minimum Gasteiger partial charge on any atom is -0.486 e. The maximum Gasteiger partial charge on any atom is 0.258 e. The summed E-state index contributed by atoms with van der Waals surface area (Å²) < 4.78 is 0. The molecule has 0 fully saturated rings. The highest BCUT2D eigenvalue weighted by Crippen LogP contribution is 2.09. The molecule has 0 amide bonds. The van der Waals surface area contributed by atoms with Crippen LogP contribution in [-0.4, -0.2) is 15.3 Å². The largest absolute Gasteiger partial charge is 0.486 e. The number of aliphatic hydroxyl groups excluding tert-OH is 1. The molecule has 1 aromatic rings. The van der Waals surface area contributed by atoms with Crippen molar-refractivity contribution in [3.8, 4) is 0 Å². The molecule has 0 aromatic carbocycles. The molecular weight excluding hydrogens is 160 g/mol. The van der Waals surface area contributed by atoms with E-state index in [4.69, 9.17) is 5.11 Å². The quantitative estimate of drug-likeness (QED) is 0.626. The van der Waals surface area contributed by atoms with Gasteiger partial charge >= 0.3 is 0 Å². The van der Waals surface area contributed by atoms with Crippen molar-refractivity contribution in [3.63, 3.8) is 0 Å². The number of thiocarbonyl (C=S) groups is 1. The zero-order valence-electron chi connectivity index (χ0n) is 6.03. The second-order valence-electron chi connectivity index (χ2n) is 2.07. The average Bonchev–Trinajstić information content (AvgIpc) is 1.93. The van der Waals surface area contributed by atoms with Crippen molar-refractivity contribution in [3.05, 3.63) is 24.0 Å². The molecule has 0 radical (unpaired) electrons. The second-order valence-corrected chi connectivity index (χ2v) is 2.45. The third-order valence-corrected chi connectivity index (χ3v) is 1.35. The van der Waals surface area contributed by atoms with Crippen LogP contribution in [0.25, 0.3) is 0 Å². The highest BCUT2D eigenvalue weighted by Gasteiger charge is 1.97. The normalized spacial score (nSPS) is 9.18. The molecule has 0 bridgehead atoms. The molecule has 2 N–H and O–H groups in total. The first-order valence-electron chi connectivity index (χ1n) is 3.11. The van der Waals surface area contributed by atoms with Gasteiger partial charge in [-0.1, -0.05) is 0 Å². The van der Waals surface area contributed by atoms with E-state index < -0.39 is 0 Å². The summed E-state index contributed by atoms with van der Waals surface area (Å²) in [5, 5.41) is 11.1. The molecule has 4 heteroatoms. The summed E-state index contributed by atoms with van der Waals surface area (Å²) in [6, 6.07) is 3.57. The maximum atomic E-state index is 8.72. The van der Waals surface area contributed by atoms with Gasteiger partial charge in [-0.05, 0) is 31.3 Å². The standard InChI is InChI=1S/C7H8N2OS/c1-5-6(9-7(10)11)3-2-4-8-5/h2-4H,1H3,(H2,9,10,11). The Morgan fingerprint density at radius 1 is 1.73 bits per heavy atom. The first kappa shape index (κ1) is 7.94. The number of aromatic nitrogens is 1. The highest BCUT2D eigenvalue weighted by atomic mass is 32.1. The van der Waals surface area contributed by atoms with Crippen LogP contribution in [0.2, 0.25) is 0 Å². The Morgan fingerprint density at radius 3 is 3.00 bits per heavy atom. The van der Waals surface area contributed by atoms with Crippen LogP contribution in [0.5, 0.6) is 0 Å². The molecule has 0 atom stereocenters. The van der Waals surface area contributed by atoms with E-state index in [1.807, 2.05) is 6.92 Å². The lowest BCUT2D eigenvalue weighted by Crippen LogP contribution is -2.08. The van der Waals surface area contributed by atoms with Crippen molar-refractivity contribution in [2.75, 3.05) is 5.32 Å². The lowest BCUT2D eigenvalue weighted by atomic mass is 10.3. The van der Waals surface area contributed by atoms with Gasteiger partial charge in [0.25, 0.3) is 5.17 Å². The van der Waals surface area contributed by atoms with E-state index in [0.717, 1.165) is 11.4 Å². The molecule has 1 rings (SSSR count). The third kappa shape index (κ3) is 2.16. The third-order valence-electron chi connectivity index (χ3n) is 1.25. The smallest absolute Gasteiger partial charge is 0.258 e. The molecule has 0 spiro atoms. The summed E-state index contributed by atoms with van der Waals surface area (Å²) in [6.07, 6.45) is 1.68. The van der Waals surface area contributed by atoms with Gasteiger partial charge < -0.3 is 10.4 Å². The Bertz CT molecular complexity index is 275. The van der Waals surface area contributed by atoms with Gasteiger partial charge in [0.15, 0.2) is 0 Å². The van der Waals surface area contributed by atoms with Crippen LogP contribution >= 0.6 is 12.2 Å². The van der Waals surface area contributed by atoms with Gasteiger partial charge in [0.1, 0.15) is 0 Å². The number of aliphatic hydroxyl groups is 1. The minimum absolute atomic E-state index is 0.235. The molecule has 3 nitrogen and oxygen atoms in total. The SMILES string of the molecule is Cc1ncccc1NC(O)=S. The number of hydrogen-bond donors (Lipinski definition) is 2. The van der Waals surface area contributed by atoms with Crippen LogP contribution in [0.3, 0.4) is 0 Å². The summed E-state index contributed by atoms with van der Waals surface area (Å²) in [4.78, 5) is 4.00. The van der Waals surface area contributed by atoms with Crippen molar-refractivity contribution < 1.29 is 5.11 Å². The van der Waals surface area contributed by atoms with Crippen molar-refractivity contribution in [1.82, 2.24) is 4.98 Å². The van der Waals surface area contributed by atoms with Crippen molar-refractivity contribution in [1.29, 1.82) is 0 Å². The van der Waals surface area contributed by atoms with Gasteiger partial charge in [0, 0.05) is 6.20 Å². The summed E-state index contributed by atoms with van der Waals surface area (Å²) in [5.74, 6) is 0. The predicted molar refractivity (Wildman–Crippen MR) is 47.8 cm³/mol. The van der Waals surface area contributed by atoms with E-state index in [1.165, 1.54) is 0 Å². The average molecular weight is 168 g/mol. The van der Waals surface area contributed by atoms with E-state index in [0.29, 0.717) is 0 Å². The monoisotopic (exact) mass is 168 g/mol. The van der Waals surface area contributed by atoms with Crippen molar-refractivity contribution in [2.45, 2.75) is 6.92 Å². The molecule has 1 aromatic heterocycles. The summed E-state index contributed by atoms with van der Waals surface area (Å²) in [5.41, 5.74) is 1.55. The Morgan fingerprint density at radius 2 is 2.45 bits per heavy atom. The molecule has 0 aliphatic carbocycles. The topological polar surface area (TPSA) is 45.2 Å². The summed E-state index contributed by atoms with van der Waals surface area (Å²) in [7, 11) is 0. The molecule has 0 saturated carbocycles. The minimum atomic E-state index is -0.235. The number of aryl methyl sites for hydroxylation is 1. The van der Waals surface area contributed by atoms with Crippen LogP contribution in [0.4, 0.5) is 5.69 Å². The Balaban J connectivity index is 2.86. The van der Waals surface area contributed by atoms with E-state index in [-0.39, 0.29) is 5.17 Å². The van der Waals surface area contributed by atoms with Crippen LogP contribution in [-0.2, 0) is 0 Å². The van der Waals surface area contributed by atoms with E-state index in [1.54, 1.807) is 18.3 Å². The van der Waals surface area contributed by atoms with Crippen LogP contribution in [0, 0.1) is 6.92 Å². The fraction of sp³-hybridized carbons (Fsp3) is 0.143. The molecule has 0 aliphatic heterocycles. The highest BCUT2D eigenvalue weighted by molar-refractivity contribution is 7.80. The summed E-state index contributed by atoms with van der Waals surface area (Å²) >= 11 is 4.45. The lowest BCUT2D eigenvalue weighted by Gasteiger charge is -2.03. The zero-order valence-corrected chi connectivity index (χ0v) is 6.85. The zero-order chi connectivity index (χ0) is 8.27. The number of nitrogens with zero attached hydrogens (tertiary/aromatic N) is 1. The number of rotatable bonds is 1. The Hall–Kier alpha value is -1.16. The first-order chi connectivity index (χ1) is 5.20. The van der Waals surface area contributed by atoms with E-state index in [2.05, 4.69) is 22.5 Å². The summed E-state index contributed by atoms with van der Waals surface area (Å²) in [6.45, 7) is 1.83. The van der Waals surface area contributed by atoms with Gasteiger partial charge in [-0.25, -0.2) is 0 Å². The number of pyridine rings is 1. The molecule has 1 heterocycles. The predicted octanol–water partition coefficient (Wildman–Crippen LogP) is 1.64. The molecular formula is C7H8N2OS. The van der Waals surface area contributed by atoms with Gasteiger partial charge in [0.05, 0.1) is 11.4 Å². The fourth-order valence-electron chi connectivity index (χ4n) is 0.732. The number of hydrogen-bond acceptors (Lipinski definition) is 2. The first-order valence-corrected chi connectivity index (χ1v) is 3.52. The number of nitrogens with one attached hydrogen (secondary N) is 1. The van der Waals surface area contributed by atoms with Gasteiger partial charge in [0.2, 0.25) is 0 Å². The van der Waals surface area contributed by atoms with Crippen LogP contribution in [0.1, 0.15) is 5.69 Å². The van der Waals surface area contributed by atoms with Crippen molar-refractivity contribution in [2.24, 2.45) is 0 Å². The van der Waals surface area contributed by atoms with Crippen molar-refractivity contribution >= 4 is 23.1 Å². The van der Waals surface area contributed by atoms with Gasteiger partial charge in [-0.3, -0.25) is 4.98 Å². The van der Waals surface area contributed by atoms with E-state index >= 15 is 0 Å². The molecule has 0 unspecified atom stereocenters. The molecule has 58 valence electrons. The van der Waals surface area contributed by atoms with E-state index in [9.17, 15) is 0 Å². The molecule has 0 saturated heterocycles. The Labute approximate surface area is 70.1 Å². The lowest BCUT2D eigenvalue weighted by molar-refractivity contribution is 0.567. The molecule has 11 heavy (non-hydrogen) atoms. The Kier molecular flexibility index (Phi) is 2.38. The fourth-order valence-corrected chi connectivity index (χ4v) is 0.842. The van der Waals surface area contributed by atoms with Gasteiger partial charge in [-0.2, -0.15) is 0 Å². The maximum absolute atomic E-state index is 8.72. The van der Waals surface area contributed by atoms with Crippen LogP contribution in [0.15, 0.2) is 18.3 Å². The second kappa shape index (κ2) is 3.30. The van der Waals surface area contributed by atoms with Gasteiger partial charge in [-0.15, -0.1) is 0 Å². The molecule has 0 aliphatic rings. The van der Waals surface area contributed by atoms with Crippen LogP contribution < -0.4 is 5.32 Å².